The highest BCUT2D eigenvalue weighted by molar-refractivity contribution is 7.26. The van der Waals surface area contributed by atoms with Gasteiger partial charge in [-0.1, -0.05) is 127 Å². The minimum absolute atomic E-state index is 0.0198. The molecule has 10 aromatic rings. The molecule has 3 aromatic heterocycles. The molecule has 4 nitrogen and oxygen atoms in total. The van der Waals surface area contributed by atoms with Gasteiger partial charge in [-0.3, -0.25) is 0 Å². The molecule has 0 radical (unpaired) electrons. The third-order valence-electron chi connectivity index (χ3n) is 8.49. The van der Waals surface area contributed by atoms with Crippen molar-refractivity contribution in [2.45, 2.75) is 0 Å². The standard InChI is InChI=1S/C43H25N3OS/c1-3-12-26(13-4-1)29-24-25-34(40-38(29)31-18-9-10-21-36(31)48-40)43-45-41(28-15-5-2-6-16-28)44-42(46-43)33-19-11-20-35-37(33)32-23-22-27-14-7-8-17-30(27)39(32)47-35/h1-25H/i7D,8D,11D,14D,17D,19D,20D,22D,23D. The molecule has 5 heteroatoms. The van der Waals surface area contributed by atoms with Gasteiger partial charge in [-0.05, 0) is 40.7 Å². The Balaban J connectivity index is 1.34. The molecule has 0 fully saturated rings. The zero-order valence-corrected chi connectivity index (χ0v) is 25.7. The maximum absolute atomic E-state index is 9.30. The van der Waals surface area contributed by atoms with Gasteiger partial charge < -0.3 is 4.42 Å². The topological polar surface area (TPSA) is 51.8 Å². The minimum atomic E-state index is -0.560. The van der Waals surface area contributed by atoms with Gasteiger partial charge in [0.2, 0.25) is 0 Å². The molecule has 0 aliphatic carbocycles. The summed E-state index contributed by atoms with van der Waals surface area (Å²) in [7, 11) is 0. The molecule has 0 saturated heterocycles. The number of rotatable bonds is 4. The van der Waals surface area contributed by atoms with Crippen molar-refractivity contribution in [2.24, 2.45) is 0 Å². The smallest absolute Gasteiger partial charge is 0.165 e. The Bertz CT molecular complexity index is 3350. The number of aromatic nitrogens is 3. The van der Waals surface area contributed by atoms with Crippen molar-refractivity contribution in [3.63, 3.8) is 0 Å². The predicted octanol–water partition coefficient (Wildman–Crippen LogP) is 12.0. The third-order valence-corrected chi connectivity index (χ3v) is 9.70. The number of fused-ring (bicyclic) bond motifs is 8. The number of thiophene rings is 1. The maximum atomic E-state index is 9.30. The van der Waals surface area contributed by atoms with E-state index in [2.05, 4.69) is 24.3 Å². The molecule has 224 valence electrons. The number of benzene rings is 7. The molecule has 0 unspecified atom stereocenters. The van der Waals surface area contributed by atoms with E-state index < -0.39 is 54.4 Å². The van der Waals surface area contributed by atoms with Gasteiger partial charge in [0.25, 0.3) is 0 Å². The summed E-state index contributed by atoms with van der Waals surface area (Å²) in [5, 5.41) is 1.72. The lowest BCUT2D eigenvalue weighted by atomic mass is 9.97. The van der Waals surface area contributed by atoms with Crippen molar-refractivity contribution >= 4 is 64.2 Å². The van der Waals surface area contributed by atoms with Crippen LogP contribution in [-0.2, 0) is 0 Å². The van der Waals surface area contributed by atoms with E-state index in [1.807, 2.05) is 72.8 Å². The summed E-state index contributed by atoms with van der Waals surface area (Å²) in [5.41, 5.74) is 3.04. The van der Waals surface area contributed by atoms with Crippen molar-refractivity contribution < 1.29 is 16.8 Å². The molecular formula is C43H25N3OS. The zero-order chi connectivity index (χ0) is 39.4. The van der Waals surface area contributed by atoms with E-state index in [1.54, 1.807) is 11.3 Å². The van der Waals surface area contributed by atoms with E-state index in [9.17, 15) is 2.74 Å². The summed E-state index contributed by atoms with van der Waals surface area (Å²) in [6.45, 7) is 0. The molecule has 48 heavy (non-hydrogen) atoms. The third kappa shape index (κ3) is 4.18. The van der Waals surface area contributed by atoms with Crippen LogP contribution in [0.1, 0.15) is 12.3 Å². The second-order valence-corrected chi connectivity index (χ2v) is 12.3. The Morgan fingerprint density at radius 2 is 1.21 bits per heavy atom. The Morgan fingerprint density at radius 1 is 0.500 bits per heavy atom. The predicted molar refractivity (Wildman–Crippen MR) is 199 cm³/mol. The summed E-state index contributed by atoms with van der Waals surface area (Å²) < 4.78 is 87.4. The molecule has 10 rings (SSSR count). The molecule has 7 aromatic carbocycles. The number of hydrogen-bond donors (Lipinski definition) is 0. The second kappa shape index (κ2) is 10.7. The highest BCUT2D eigenvalue weighted by Gasteiger charge is 2.21. The van der Waals surface area contributed by atoms with Gasteiger partial charge in [-0.25, -0.2) is 15.0 Å². The van der Waals surface area contributed by atoms with Gasteiger partial charge in [-0.15, -0.1) is 11.3 Å². The average Bonchev–Trinajstić information content (AvgIpc) is 3.83. The van der Waals surface area contributed by atoms with E-state index in [0.717, 1.165) is 31.3 Å². The fourth-order valence-corrected chi connectivity index (χ4v) is 7.56. The minimum Gasteiger partial charge on any atom is -0.455 e. The van der Waals surface area contributed by atoms with Gasteiger partial charge in [0, 0.05) is 53.0 Å². The van der Waals surface area contributed by atoms with E-state index in [1.165, 1.54) is 0 Å². The van der Waals surface area contributed by atoms with Gasteiger partial charge in [0.05, 0.1) is 12.3 Å². The Morgan fingerprint density at radius 3 is 2.06 bits per heavy atom. The summed E-state index contributed by atoms with van der Waals surface area (Å²) >= 11 is 1.60. The van der Waals surface area contributed by atoms with Crippen molar-refractivity contribution in [3.05, 3.63) is 151 Å². The van der Waals surface area contributed by atoms with Crippen LogP contribution >= 0.6 is 11.3 Å². The van der Waals surface area contributed by atoms with Crippen LogP contribution in [0.15, 0.2) is 156 Å². The Labute approximate surface area is 292 Å². The van der Waals surface area contributed by atoms with Crippen LogP contribution < -0.4 is 0 Å². The molecule has 0 aliphatic heterocycles. The lowest BCUT2D eigenvalue weighted by Crippen LogP contribution is -2.00. The first-order chi connectivity index (χ1) is 27.5. The van der Waals surface area contributed by atoms with Crippen LogP contribution in [0.3, 0.4) is 0 Å². The first kappa shape index (κ1) is 19.5. The van der Waals surface area contributed by atoms with Crippen molar-refractivity contribution in [2.75, 3.05) is 0 Å². The van der Waals surface area contributed by atoms with Crippen molar-refractivity contribution in [1.29, 1.82) is 0 Å². The van der Waals surface area contributed by atoms with Crippen LogP contribution in [0, 0.1) is 0 Å². The Hall–Kier alpha value is -6.17. The van der Waals surface area contributed by atoms with E-state index in [4.69, 9.17) is 29.0 Å². The number of nitrogens with zero attached hydrogens (tertiary/aromatic N) is 3. The Kier molecular flexibility index (Phi) is 4.34. The summed E-state index contributed by atoms with van der Waals surface area (Å²) in [6, 6.07) is 27.2. The molecule has 0 bridgehead atoms. The van der Waals surface area contributed by atoms with E-state index in [-0.39, 0.29) is 55.7 Å². The number of hydrogen-bond acceptors (Lipinski definition) is 5. The molecule has 0 spiro atoms. The molecule has 0 atom stereocenters. The average molecular weight is 641 g/mol. The van der Waals surface area contributed by atoms with E-state index >= 15 is 0 Å². The molecule has 0 amide bonds. The van der Waals surface area contributed by atoms with Crippen molar-refractivity contribution in [3.8, 4) is 45.3 Å². The van der Waals surface area contributed by atoms with Crippen LogP contribution in [0.25, 0.3) is 98.2 Å². The summed E-state index contributed by atoms with van der Waals surface area (Å²) in [4.78, 5) is 14.9. The van der Waals surface area contributed by atoms with Gasteiger partial charge in [-0.2, -0.15) is 0 Å². The number of furan rings is 1. The lowest BCUT2D eigenvalue weighted by Gasteiger charge is -2.11. The second-order valence-electron chi connectivity index (χ2n) is 11.3. The van der Waals surface area contributed by atoms with Crippen LogP contribution in [0.4, 0.5) is 0 Å². The van der Waals surface area contributed by atoms with Crippen LogP contribution in [-0.4, -0.2) is 15.0 Å². The molecule has 0 aliphatic rings. The summed E-state index contributed by atoms with van der Waals surface area (Å²) in [6.07, 6.45) is 0. The summed E-state index contributed by atoms with van der Waals surface area (Å²) in [5.74, 6) is 0.516. The largest absolute Gasteiger partial charge is 0.455 e. The fourth-order valence-electron chi connectivity index (χ4n) is 6.32. The first-order valence-electron chi connectivity index (χ1n) is 19.7. The zero-order valence-electron chi connectivity index (χ0n) is 33.9. The highest BCUT2D eigenvalue weighted by Crippen LogP contribution is 2.45. The molecule has 0 N–H and O–H groups in total. The van der Waals surface area contributed by atoms with Gasteiger partial charge >= 0.3 is 0 Å². The first-order valence-corrected chi connectivity index (χ1v) is 16.0. The quantitative estimate of drug-likeness (QED) is 0.192. The normalized spacial score (nSPS) is 14.4. The monoisotopic (exact) mass is 640 g/mol. The SMILES string of the molecule is [2H]c1c([2H])c(-c2nc(-c3ccccc3)nc(-c3ccc(-c4ccccc4)c4c3sc3ccccc34)n2)c2c(oc3c4c([2H])c([2H])c([2H])c([2H])c4c([2H])c([2H])c32)c1[2H]. The molecule has 3 heterocycles. The highest BCUT2D eigenvalue weighted by atomic mass is 32.1. The lowest BCUT2D eigenvalue weighted by molar-refractivity contribution is 0.672. The van der Waals surface area contributed by atoms with Gasteiger partial charge in [0.1, 0.15) is 11.2 Å². The van der Waals surface area contributed by atoms with Crippen LogP contribution in [0.5, 0.6) is 0 Å². The van der Waals surface area contributed by atoms with Crippen molar-refractivity contribution in [1.82, 2.24) is 15.0 Å². The van der Waals surface area contributed by atoms with E-state index in [0.29, 0.717) is 11.1 Å². The fraction of sp³-hybridized carbons (Fsp3) is 0. The van der Waals surface area contributed by atoms with Crippen LogP contribution in [0.2, 0.25) is 0 Å². The van der Waals surface area contributed by atoms with Gasteiger partial charge in [0.15, 0.2) is 17.5 Å². The maximum Gasteiger partial charge on any atom is 0.165 e. The molecule has 0 saturated carbocycles. The molecular weight excluding hydrogens is 607 g/mol.